The lowest BCUT2D eigenvalue weighted by Crippen LogP contribution is -2.46. The molecule has 0 saturated heterocycles. The van der Waals surface area contributed by atoms with E-state index in [9.17, 15) is 19.4 Å². The van der Waals surface area contributed by atoms with E-state index in [2.05, 4.69) is 43.5 Å². The predicted molar refractivity (Wildman–Crippen MR) is 198 cm³/mol. The highest BCUT2D eigenvalue weighted by Crippen LogP contribution is 2.43. The number of unbranched alkanes of at least 4 members (excludes halogenated alkanes) is 17. The number of quaternary nitrogens is 1. The summed E-state index contributed by atoms with van der Waals surface area (Å²) in [5, 5.41) is 13.8. The van der Waals surface area contributed by atoms with Crippen molar-refractivity contribution in [3.05, 3.63) is 24.3 Å². The maximum absolute atomic E-state index is 12.8. The van der Waals surface area contributed by atoms with Gasteiger partial charge in [0, 0.05) is 6.42 Å². The molecule has 0 saturated carbocycles. The van der Waals surface area contributed by atoms with Gasteiger partial charge in [-0.25, -0.2) is 4.57 Å². The molecular weight excluding hydrogens is 611 g/mol. The summed E-state index contributed by atoms with van der Waals surface area (Å²) in [4.78, 5) is 23.0. The largest absolute Gasteiger partial charge is 0.472 e. The summed E-state index contributed by atoms with van der Waals surface area (Å²) in [5.41, 5.74) is 0. The number of allylic oxidation sites excluding steroid dienone is 4. The van der Waals surface area contributed by atoms with Gasteiger partial charge in [0.15, 0.2) is 0 Å². The highest BCUT2D eigenvalue weighted by Gasteiger charge is 2.28. The molecule has 3 N–H and O–H groups in total. The summed E-state index contributed by atoms with van der Waals surface area (Å²) >= 11 is 0. The molecule has 1 amide bonds. The summed E-state index contributed by atoms with van der Waals surface area (Å²) in [6.07, 6.45) is 33.4. The number of phosphoric acid groups is 1. The molecule has 278 valence electrons. The number of nitrogens with zero attached hydrogens (tertiary/aromatic N) is 1. The lowest BCUT2D eigenvalue weighted by Gasteiger charge is -2.26. The second-order valence-electron chi connectivity index (χ2n) is 14.3. The molecule has 0 radical (unpaired) electrons. The first-order valence-electron chi connectivity index (χ1n) is 19.2. The van der Waals surface area contributed by atoms with Crippen molar-refractivity contribution >= 4 is 13.7 Å². The fourth-order valence-corrected chi connectivity index (χ4v) is 6.04. The smallest absolute Gasteiger partial charge is 0.391 e. The number of likely N-dealkylation sites (N-methyl/N-ethyl adjacent to an activating group) is 1. The van der Waals surface area contributed by atoms with Crippen molar-refractivity contribution in [2.45, 2.75) is 174 Å². The van der Waals surface area contributed by atoms with Crippen molar-refractivity contribution in [2.24, 2.45) is 0 Å². The van der Waals surface area contributed by atoms with Crippen molar-refractivity contribution < 1.29 is 32.9 Å². The average Bonchev–Trinajstić information content (AvgIpc) is 3.01. The zero-order chi connectivity index (χ0) is 35.1. The number of hydrogen-bond acceptors (Lipinski definition) is 5. The van der Waals surface area contributed by atoms with Crippen molar-refractivity contribution in [1.82, 2.24) is 5.32 Å². The van der Waals surface area contributed by atoms with Gasteiger partial charge in [0.25, 0.3) is 0 Å². The monoisotopic (exact) mass is 688 g/mol. The van der Waals surface area contributed by atoms with Crippen molar-refractivity contribution in [2.75, 3.05) is 40.9 Å². The number of hydrogen-bond donors (Lipinski definition) is 3. The minimum atomic E-state index is -4.30. The molecule has 47 heavy (non-hydrogen) atoms. The van der Waals surface area contributed by atoms with E-state index in [0.717, 1.165) is 64.2 Å². The van der Waals surface area contributed by atoms with Crippen LogP contribution in [0.15, 0.2) is 24.3 Å². The number of aliphatic hydroxyl groups is 1. The molecule has 0 heterocycles. The summed E-state index contributed by atoms with van der Waals surface area (Å²) in [6.45, 7) is 4.81. The van der Waals surface area contributed by atoms with Crippen molar-refractivity contribution in [3.63, 3.8) is 0 Å². The molecule has 0 aromatic carbocycles. The number of carbonyl (C=O) groups is 1. The van der Waals surface area contributed by atoms with Crippen LogP contribution in [0.3, 0.4) is 0 Å². The van der Waals surface area contributed by atoms with Crippen LogP contribution in [0.4, 0.5) is 0 Å². The standard InChI is InChI=1S/C38H75N2O6P/c1-6-8-10-12-14-16-17-18-19-20-21-22-24-26-28-30-32-38(42)39-36(35-46-47(43,44)45-34-33-40(3,4)5)37(41)31-29-27-25-23-15-13-11-9-7-2/h16-17,19-20,36-37,41H,6-15,18,21-35H2,1-5H3,(H-,39,42,43,44)/p+1/b17-16-,20-19-. The Morgan fingerprint density at radius 1 is 0.723 bits per heavy atom. The third-order valence-corrected chi connectivity index (χ3v) is 9.44. The third kappa shape index (κ3) is 33.3. The normalized spacial score (nSPS) is 15.0. The molecular formula is C38H76N2O6P+. The van der Waals surface area contributed by atoms with E-state index in [1.54, 1.807) is 0 Å². The Bertz CT molecular complexity index is 829. The van der Waals surface area contributed by atoms with E-state index >= 15 is 0 Å². The van der Waals surface area contributed by atoms with Crippen LogP contribution in [0.5, 0.6) is 0 Å². The number of phosphoric ester groups is 1. The number of aliphatic hydroxyl groups excluding tert-OH is 1. The first-order chi connectivity index (χ1) is 22.5. The minimum Gasteiger partial charge on any atom is -0.391 e. The zero-order valence-corrected chi connectivity index (χ0v) is 32.2. The molecule has 9 heteroatoms. The Balaban J connectivity index is 4.44. The van der Waals surface area contributed by atoms with Crippen LogP contribution in [-0.4, -0.2) is 73.4 Å². The summed E-state index contributed by atoms with van der Waals surface area (Å²) < 4.78 is 23.5. The summed E-state index contributed by atoms with van der Waals surface area (Å²) in [7, 11) is 1.60. The number of carbonyl (C=O) groups excluding carboxylic acids is 1. The lowest BCUT2D eigenvalue weighted by molar-refractivity contribution is -0.870. The number of rotatable bonds is 34. The highest BCUT2D eigenvalue weighted by molar-refractivity contribution is 7.47. The Hall–Kier alpha value is -1.02. The van der Waals surface area contributed by atoms with Gasteiger partial charge in [0.05, 0.1) is 39.9 Å². The predicted octanol–water partition coefficient (Wildman–Crippen LogP) is 9.80. The third-order valence-electron chi connectivity index (χ3n) is 8.45. The van der Waals surface area contributed by atoms with Crippen LogP contribution < -0.4 is 5.32 Å². The van der Waals surface area contributed by atoms with Crippen LogP contribution in [0.1, 0.15) is 162 Å². The van der Waals surface area contributed by atoms with Crippen LogP contribution in [0, 0.1) is 0 Å². The number of amides is 1. The molecule has 8 nitrogen and oxygen atoms in total. The molecule has 0 aliphatic heterocycles. The van der Waals surface area contributed by atoms with E-state index < -0.39 is 20.0 Å². The fraction of sp³-hybridized carbons (Fsp3) is 0.868. The topological polar surface area (TPSA) is 105 Å². The molecule has 3 atom stereocenters. The summed E-state index contributed by atoms with van der Waals surface area (Å²) in [6, 6.07) is -0.762. The van der Waals surface area contributed by atoms with Crippen molar-refractivity contribution in [1.29, 1.82) is 0 Å². The maximum atomic E-state index is 12.8. The molecule has 0 aromatic heterocycles. The summed E-state index contributed by atoms with van der Waals surface area (Å²) in [5.74, 6) is -0.162. The molecule has 0 rings (SSSR count). The van der Waals surface area contributed by atoms with Crippen LogP contribution in [-0.2, 0) is 18.4 Å². The lowest BCUT2D eigenvalue weighted by atomic mass is 10.0. The maximum Gasteiger partial charge on any atom is 0.472 e. The van der Waals surface area contributed by atoms with Gasteiger partial charge in [-0.1, -0.05) is 134 Å². The van der Waals surface area contributed by atoms with E-state index in [0.29, 0.717) is 23.9 Å². The second-order valence-corrected chi connectivity index (χ2v) is 15.8. The second kappa shape index (κ2) is 31.0. The molecule has 0 aromatic rings. The molecule has 0 fully saturated rings. The van der Waals surface area contributed by atoms with E-state index in [1.807, 2.05) is 21.1 Å². The molecule has 0 aliphatic rings. The highest BCUT2D eigenvalue weighted by atomic mass is 31.2. The molecule has 0 spiro atoms. The van der Waals surface area contributed by atoms with Crippen LogP contribution in [0.25, 0.3) is 0 Å². The van der Waals surface area contributed by atoms with Gasteiger partial charge in [-0.15, -0.1) is 0 Å². The van der Waals surface area contributed by atoms with Crippen molar-refractivity contribution in [3.8, 4) is 0 Å². The van der Waals surface area contributed by atoms with Gasteiger partial charge in [-0.2, -0.15) is 0 Å². The van der Waals surface area contributed by atoms with Gasteiger partial charge in [-0.3, -0.25) is 13.8 Å². The Labute approximate surface area is 290 Å². The van der Waals surface area contributed by atoms with E-state index in [1.165, 1.54) is 70.6 Å². The molecule has 0 bridgehead atoms. The number of nitrogens with one attached hydrogen (secondary N) is 1. The van der Waals surface area contributed by atoms with Gasteiger partial charge in [0.1, 0.15) is 13.2 Å². The van der Waals surface area contributed by atoms with E-state index in [4.69, 9.17) is 9.05 Å². The first-order valence-corrected chi connectivity index (χ1v) is 20.7. The Morgan fingerprint density at radius 2 is 1.21 bits per heavy atom. The SMILES string of the molecule is CCCCCC/C=C\C/C=C\CCCCCCCC(=O)NC(COP(=O)(O)OCC[N+](C)(C)C)C(O)CCCCCCCCCCC. The zero-order valence-electron chi connectivity index (χ0n) is 31.3. The van der Waals surface area contributed by atoms with Gasteiger partial charge < -0.3 is 19.8 Å². The Kier molecular flexibility index (Phi) is 30.3. The quantitative estimate of drug-likeness (QED) is 0.0269. The average molecular weight is 688 g/mol. The minimum absolute atomic E-state index is 0.0716. The molecule has 0 aliphatic carbocycles. The molecule has 3 unspecified atom stereocenters. The van der Waals surface area contributed by atoms with Crippen LogP contribution in [0.2, 0.25) is 0 Å². The fourth-order valence-electron chi connectivity index (χ4n) is 5.31. The van der Waals surface area contributed by atoms with E-state index in [-0.39, 0.29) is 19.1 Å². The van der Waals surface area contributed by atoms with Crippen LogP contribution >= 0.6 is 7.82 Å². The first kappa shape index (κ1) is 46.0. The van der Waals surface area contributed by atoms with Gasteiger partial charge in [-0.05, 0) is 44.9 Å². The van der Waals surface area contributed by atoms with Gasteiger partial charge >= 0.3 is 7.82 Å². The Morgan fingerprint density at radius 3 is 1.77 bits per heavy atom. The van der Waals surface area contributed by atoms with Gasteiger partial charge in [0.2, 0.25) is 5.91 Å².